The molecule has 0 bridgehead atoms. The van der Waals surface area contributed by atoms with Crippen molar-refractivity contribution in [3.63, 3.8) is 0 Å². The molecule has 1 heterocycles. The Labute approximate surface area is 134 Å². The summed E-state index contributed by atoms with van der Waals surface area (Å²) < 4.78 is 0. The number of imide groups is 1. The quantitative estimate of drug-likeness (QED) is 0.814. The summed E-state index contributed by atoms with van der Waals surface area (Å²) in [6.07, 6.45) is 4.87. The summed E-state index contributed by atoms with van der Waals surface area (Å²) in [6, 6.07) is 7.22. The fraction of sp³-hybridized carbons (Fsp3) is 0.471. The summed E-state index contributed by atoms with van der Waals surface area (Å²) in [5, 5.41) is 3.67. The second-order valence-electron chi connectivity index (χ2n) is 6.65. The molecule has 1 unspecified atom stereocenters. The Morgan fingerprint density at radius 2 is 1.91 bits per heavy atom. The van der Waals surface area contributed by atoms with E-state index in [-0.39, 0.29) is 17.7 Å². The number of hydrazine groups is 1. The largest absolute Gasteiger partial charge is 0.344 e. The van der Waals surface area contributed by atoms with E-state index >= 15 is 0 Å². The van der Waals surface area contributed by atoms with Gasteiger partial charge in [-0.15, -0.1) is 0 Å². The minimum Gasteiger partial charge on any atom is -0.322 e. The van der Waals surface area contributed by atoms with Crippen LogP contribution in [0.25, 0.3) is 0 Å². The standard InChI is InChI=1S/C17H19N3O3/c21-14(13-10-11-6-2-3-7-12(11)13)19-20-15(22)17(18-16(20)23)8-4-1-5-9-17/h2-3,6-7,13H,1,4-5,8-10H2,(H,18,23)(H,19,21). The predicted octanol–water partition coefficient (Wildman–Crippen LogP) is 1.61. The highest BCUT2D eigenvalue weighted by molar-refractivity contribution is 6.08. The lowest BCUT2D eigenvalue weighted by Crippen LogP contribution is -2.52. The van der Waals surface area contributed by atoms with E-state index in [1.165, 1.54) is 0 Å². The van der Waals surface area contributed by atoms with E-state index in [1.54, 1.807) is 0 Å². The molecule has 120 valence electrons. The third kappa shape index (κ3) is 2.12. The van der Waals surface area contributed by atoms with E-state index in [4.69, 9.17) is 0 Å². The van der Waals surface area contributed by atoms with Crippen molar-refractivity contribution >= 4 is 17.8 Å². The van der Waals surface area contributed by atoms with Crippen molar-refractivity contribution < 1.29 is 14.4 Å². The van der Waals surface area contributed by atoms with Crippen molar-refractivity contribution in [1.29, 1.82) is 0 Å². The van der Waals surface area contributed by atoms with Gasteiger partial charge < -0.3 is 5.32 Å². The van der Waals surface area contributed by atoms with Gasteiger partial charge in [0.25, 0.3) is 5.91 Å². The molecular weight excluding hydrogens is 294 g/mol. The summed E-state index contributed by atoms with van der Waals surface area (Å²) in [7, 11) is 0. The number of urea groups is 1. The molecular formula is C17H19N3O3. The lowest BCUT2D eigenvalue weighted by molar-refractivity contribution is -0.140. The molecule has 3 aliphatic rings. The number of amides is 4. The normalized spacial score (nSPS) is 24.9. The average molecular weight is 313 g/mol. The van der Waals surface area contributed by atoms with Crippen LogP contribution in [0.15, 0.2) is 24.3 Å². The number of benzene rings is 1. The van der Waals surface area contributed by atoms with Gasteiger partial charge in [0.15, 0.2) is 0 Å². The smallest absolute Gasteiger partial charge is 0.322 e. The number of nitrogens with zero attached hydrogens (tertiary/aromatic N) is 1. The molecule has 2 fully saturated rings. The summed E-state index contributed by atoms with van der Waals surface area (Å²) in [5.41, 5.74) is 3.84. The molecule has 2 N–H and O–H groups in total. The number of hydrogen-bond acceptors (Lipinski definition) is 3. The van der Waals surface area contributed by atoms with Crippen molar-refractivity contribution in [2.45, 2.75) is 50.0 Å². The Balaban J connectivity index is 1.48. The van der Waals surface area contributed by atoms with Gasteiger partial charge in [-0.3, -0.25) is 15.0 Å². The number of carbonyl (C=O) groups excluding carboxylic acids is 3. The molecule has 1 aliphatic heterocycles. The van der Waals surface area contributed by atoms with E-state index in [0.29, 0.717) is 19.3 Å². The number of fused-ring (bicyclic) bond motifs is 1. The average Bonchev–Trinajstić information content (AvgIpc) is 2.74. The fourth-order valence-electron chi connectivity index (χ4n) is 3.90. The third-order valence-electron chi connectivity index (χ3n) is 5.26. The molecule has 1 spiro atoms. The van der Waals surface area contributed by atoms with Crippen molar-refractivity contribution in [2.75, 3.05) is 0 Å². The van der Waals surface area contributed by atoms with Crippen molar-refractivity contribution in [2.24, 2.45) is 0 Å². The van der Waals surface area contributed by atoms with Crippen LogP contribution in [0.3, 0.4) is 0 Å². The van der Waals surface area contributed by atoms with Crippen LogP contribution in [0.5, 0.6) is 0 Å². The zero-order valence-electron chi connectivity index (χ0n) is 12.8. The van der Waals surface area contributed by atoms with Gasteiger partial charge in [0.1, 0.15) is 5.54 Å². The molecule has 6 heteroatoms. The molecule has 0 radical (unpaired) electrons. The maximum absolute atomic E-state index is 12.6. The monoisotopic (exact) mass is 313 g/mol. The molecule has 1 aromatic rings. The minimum atomic E-state index is -0.805. The first kappa shape index (κ1) is 14.2. The molecule has 1 saturated carbocycles. The van der Waals surface area contributed by atoms with Crippen LogP contribution in [0.4, 0.5) is 4.79 Å². The summed E-state index contributed by atoms with van der Waals surface area (Å²) in [6.45, 7) is 0. The van der Waals surface area contributed by atoms with Crippen LogP contribution < -0.4 is 10.7 Å². The van der Waals surface area contributed by atoms with Crippen LogP contribution in [-0.2, 0) is 16.0 Å². The van der Waals surface area contributed by atoms with Crippen LogP contribution in [0.1, 0.15) is 49.1 Å². The summed E-state index contributed by atoms with van der Waals surface area (Å²) in [5.74, 6) is -0.891. The van der Waals surface area contributed by atoms with Crippen molar-refractivity contribution in [3.05, 3.63) is 35.4 Å². The van der Waals surface area contributed by atoms with Gasteiger partial charge in [0, 0.05) is 0 Å². The molecule has 2 aliphatic carbocycles. The first-order valence-electron chi connectivity index (χ1n) is 8.16. The van der Waals surface area contributed by atoms with Crippen LogP contribution >= 0.6 is 0 Å². The van der Waals surface area contributed by atoms with Crippen molar-refractivity contribution in [1.82, 2.24) is 15.8 Å². The van der Waals surface area contributed by atoms with Gasteiger partial charge in [-0.25, -0.2) is 4.79 Å². The van der Waals surface area contributed by atoms with Gasteiger partial charge >= 0.3 is 6.03 Å². The lowest BCUT2D eigenvalue weighted by atomic mass is 9.77. The third-order valence-corrected chi connectivity index (χ3v) is 5.26. The SMILES string of the molecule is O=C(NN1C(=O)NC2(CCCCC2)C1=O)C1Cc2ccccc21. The molecule has 1 aromatic carbocycles. The van der Waals surface area contributed by atoms with E-state index in [9.17, 15) is 14.4 Å². The van der Waals surface area contributed by atoms with E-state index in [1.807, 2.05) is 24.3 Å². The molecule has 1 saturated heterocycles. The van der Waals surface area contributed by atoms with Gasteiger partial charge in [0.05, 0.1) is 5.92 Å². The Hall–Kier alpha value is -2.37. The zero-order valence-corrected chi connectivity index (χ0v) is 12.8. The number of nitrogens with one attached hydrogen (secondary N) is 2. The highest BCUT2D eigenvalue weighted by atomic mass is 16.2. The van der Waals surface area contributed by atoms with E-state index < -0.39 is 11.6 Å². The molecule has 0 aromatic heterocycles. The molecule has 1 atom stereocenters. The zero-order chi connectivity index (χ0) is 16.0. The highest BCUT2D eigenvalue weighted by Gasteiger charge is 2.52. The second kappa shape index (κ2) is 5.08. The lowest BCUT2D eigenvalue weighted by Gasteiger charge is -2.31. The number of rotatable bonds is 2. The number of hydrogen-bond donors (Lipinski definition) is 2. The Morgan fingerprint density at radius 1 is 1.17 bits per heavy atom. The Morgan fingerprint density at radius 3 is 2.65 bits per heavy atom. The van der Waals surface area contributed by atoms with Crippen LogP contribution in [0, 0.1) is 0 Å². The van der Waals surface area contributed by atoms with E-state index in [0.717, 1.165) is 35.4 Å². The number of carbonyl (C=O) groups is 3. The minimum absolute atomic E-state index is 0.283. The Kier molecular flexibility index (Phi) is 3.14. The van der Waals surface area contributed by atoms with Gasteiger partial charge in [-0.2, -0.15) is 5.01 Å². The highest BCUT2D eigenvalue weighted by Crippen LogP contribution is 2.36. The Bertz CT molecular complexity index is 694. The molecule has 23 heavy (non-hydrogen) atoms. The fourth-order valence-corrected chi connectivity index (χ4v) is 3.90. The van der Waals surface area contributed by atoms with Crippen LogP contribution in [-0.4, -0.2) is 28.4 Å². The van der Waals surface area contributed by atoms with Gasteiger partial charge in [-0.1, -0.05) is 43.5 Å². The van der Waals surface area contributed by atoms with E-state index in [2.05, 4.69) is 10.7 Å². The first-order valence-corrected chi connectivity index (χ1v) is 8.16. The second-order valence-corrected chi connectivity index (χ2v) is 6.65. The topological polar surface area (TPSA) is 78.5 Å². The molecule has 4 rings (SSSR count). The molecule has 6 nitrogen and oxygen atoms in total. The van der Waals surface area contributed by atoms with Gasteiger partial charge in [0.2, 0.25) is 5.91 Å². The van der Waals surface area contributed by atoms with Crippen LogP contribution in [0.2, 0.25) is 0 Å². The maximum atomic E-state index is 12.6. The summed E-state index contributed by atoms with van der Waals surface area (Å²) in [4.78, 5) is 37.2. The maximum Gasteiger partial charge on any atom is 0.344 e. The predicted molar refractivity (Wildman–Crippen MR) is 82.2 cm³/mol. The van der Waals surface area contributed by atoms with Crippen molar-refractivity contribution in [3.8, 4) is 0 Å². The first-order chi connectivity index (χ1) is 11.1. The van der Waals surface area contributed by atoms with Gasteiger partial charge in [-0.05, 0) is 30.4 Å². The summed E-state index contributed by atoms with van der Waals surface area (Å²) >= 11 is 0. The molecule has 4 amide bonds.